The van der Waals surface area contributed by atoms with Crippen molar-refractivity contribution in [2.24, 2.45) is 0 Å². The SMILES string of the molecule is CC(C)c1cc(Cl)cc(-c2cc(N)no2)c1O. The molecule has 3 N–H and O–H groups in total. The smallest absolute Gasteiger partial charge is 0.172 e. The van der Waals surface area contributed by atoms with Gasteiger partial charge in [0.2, 0.25) is 0 Å². The van der Waals surface area contributed by atoms with E-state index in [1.165, 1.54) is 0 Å². The van der Waals surface area contributed by atoms with Crippen LogP contribution in [-0.4, -0.2) is 10.3 Å². The minimum Gasteiger partial charge on any atom is -0.507 e. The highest BCUT2D eigenvalue weighted by atomic mass is 35.5. The quantitative estimate of drug-likeness (QED) is 0.859. The van der Waals surface area contributed by atoms with E-state index in [0.717, 1.165) is 5.56 Å². The minimum absolute atomic E-state index is 0.153. The molecule has 1 aromatic heterocycles. The van der Waals surface area contributed by atoms with Crippen molar-refractivity contribution in [2.75, 3.05) is 5.73 Å². The van der Waals surface area contributed by atoms with Gasteiger partial charge in [0.25, 0.3) is 0 Å². The molecule has 5 heteroatoms. The molecule has 1 heterocycles. The molecule has 90 valence electrons. The van der Waals surface area contributed by atoms with Gasteiger partial charge >= 0.3 is 0 Å². The fourth-order valence-corrected chi connectivity index (χ4v) is 1.89. The Morgan fingerprint density at radius 2 is 2.06 bits per heavy atom. The van der Waals surface area contributed by atoms with Gasteiger partial charge in [-0.15, -0.1) is 0 Å². The zero-order valence-corrected chi connectivity index (χ0v) is 10.3. The Balaban J connectivity index is 2.61. The Morgan fingerprint density at radius 3 is 2.59 bits per heavy atom. The molecule has 0 aliphatic rings. The molecule has 2 rings (SSSR count). The summed E-state index contributed by atoms with van der Waals surface area (Å²) in [4.78, 5) is 0. The number of nitrogen functional groups attached to an aromatic ring is 1. The Hall–Kier alpha value is -1.68. The molecule has 0 atom stereocenters. The van der Waals surface area contributed by atoms with Crippen LogP contribution in [0.3, 0.4) is 0 Å². The molecule has 4 nitrogen and oxygen atoms in total. The second kappa shape index (κ2) is 4.30. The van der Waals surface area contributed by atoms with Crippen molar-refractivity contribution < 1.29 is 9.63 Å². The normalized spacial score (nSPS) is 11.1. The van der Waals surface area contributed by atoms with Crippen LogP contribution in [0.4, 0.5) is 5.82 Å². The van der Waals surface area contributed by atoms with Crippen LogP contribution in [0.2, 0.25) is 5.02 Å². The van der Waals surface area contributed by atoms with Gasteiger partial charge in [-0.2, -0.15) is 0 Å². The van der Waals surface area contributed by atoms with E-state index in [0.29, 0.717) is 16.3 Å². The maximum Gasteiger partial charge on any atom is 0.172 e. The largest absolute Gasteiger partial charge is 0.507 e. The van der Waals surface area contributed by atoms with Crippen molar-refractivity contribution in [3.63, 3.8) is 0 Å². The van der Waals surface area contributed by atoms with E-state index in [1.54, 1.807) is 18.2 Å². The summed E-state index contributed by atoms with van der Waals surface area (Å²) < 4.78 is 5.03. The van der Waals surface area contributed by atoms with E-state index in [4.69, 9.17) is 21.9 Å². The number of anilines is 1. The Kier molecular flexibility index (Phi) is 2.98. The lowest BCUT2D eigenvalue weighted by Gasteiger charge is -2.11. The van der Waals surface area contributed by atoms with Crippen molar-refractivity contribution in [2.45, 2.75) is 19.8 Å². The lowest BCUT2D eigenvalue weighted by atomic mass is 9.98. The third kappa shape index (κ3) is 2.22. The average Bonchev–Trinajstić information content (AvgIpc) is 2.67. The Morgan fingerprint density at radius 1 is 1.35 bits per heavy atom. The number of aromatic hydroxyl groups is 1. The van der Waals surface area contributed by atoms with Crippen LogP contribution in [0, 0.1) is 0 Å². The molecule has 0 bridgehead atoms. The molecule has 0 unspecified atom stereocenters. The van der Waals surface area contributed by atoms with Gasteiger partial charge in [0.15, 0.2) is 11.6 Å². The number of rotatable bonds is 2. The molecule has 0 saturated heterocycles. The van der Waals surface area contributed by atoms with E-state index < -0.39 is 0 Å². The highest BCUT2D eigenvalue weighted by molar-refractivity contribution is 6.31. The number of phenolic OH excluding ortho intramolecular Hbond substituents is 1. The predicted molar refractivity (Wildman–Crippen MR) is 67.1 cm³/mol. The predicted octanol–water partition coefficient (Wildman–Crippen LogP) is 3.41. The summed E-state index contributed by atoms with van der Waals surface area (Å²) in [6.07, 6.45) is 0. The number of hydrogen-bond donors (Lipinski definition) is 2. The lowest BCUT2D eigenvalue weighted by molar-refractivity contribution is 0.427. The second-order valence-electron chi connectivity index (χ2n) is 4.16. The summed E-state index contributed by atoms with van der Waals surface area (Å²) in [5.41, 5.74) is 6.75. The summed E-state index contributed by atoms with van der Waals surface area (Å²) in [7, 11) is 0. The summed E-state index contributed by atoms with van der Waals surface area (Å²) in [6, 6.07) is 4.92. The number of phenols is 1. The molecule has 0 amide bonds. The van der Waals surface area contributed by atoms with Crippen LogP contribution in [0.1, 0.15) is 25.3 Å². The summed E-state index contributed by atoms with van der Waals surface area (Å²) in [5.74, 6) is 0.989. The lowest BCUT2D eigenvalue weighted by Crippen LogP contribution is -1.90. The van der Waals surface area contributed by atoms with Crippen LogP contribution in [-0.2, 0) is 0 Å². The van der Waals surface area contributed by atoms with Gasteiger partial charge in [0.1, 0.15) is 5.75 Å². The maximum atomic E-state index is 10.2. The zero-order chi connectivity index (χ0) is 12.6. The van der Waals surface area contributed by atoms with E-state index >= 15 is 0 Å². The molecular formula is C12H13ClN2O2. The first-order valence-electron chi connectivity index (χ1n) is 5.24. The third-order valence-electron chi connectivity index (χ3n) is 2.52. The minimum atomic E-state index is 0.153. The molecular weight excluding hydrogens is 240 g/mol. The van der Waals surface area contributed by atoms with Crippen LogP contribution >= 0.6 is 11.6 Å². The first kappa shape index (κ1) is 11.8. The van der Waals surface area contributed by atoms with Crippen molar-refractivity contribution in [3.8, 4) is 17.1 Å². The first-order chi connectivity index (χ1) is 7.99. The Bertz CT molecular complexity index is 549. The standard InChI is InChI=1S/C12H13ClN2O2/c1-6(2)8-3-7(13)4-9(12(8)16)10-5-11(14)15-17-10/h3-6,16H,1-2H3,(H2,14,15). The number of nitrogens with zero attached hydrogens (tertiary/aromatic N) is 1. The zero-order valence-electron chi connectivity index (χ0n) is 9.57. The topological polar surface area (TPSA) is 72.3 Å². The number of benzene rings is 1. The molecule has 2 aromatic rings. The number of halogens is 1. The van der Waals surface area contributed by atoms with Gasteiger partial charge in [-0.25, -0.2) is 0 Å². The van der Waals surface area contributed by atoms with E-state index in [1.807, 2.05) is 13.8 Å². The molecule has 0 aliphatic carbocycles. The highest BCUT2D eigenvalue weighted by Crippen LogP contribution is 2.38. The summed E-state index contributed by atoms with van der Waals surface area (Å²) in [6.45, 7) is 3.95. The van der Waals surface area contributed by atoms with Gasteiger partial charge in [0.05, 0.1) is 5.56 Å². The van der Waals surface area contributed by atoms with Gasteiger partial charge in [-0.3, -0.25) is 0 Å². The average molecular weight is 253 g/mol. The number of hydrogen-bond acceptors (Lipinski definition) is 4. The van der Waals surface area contributed by atoms with Crippen molar-refractivity contribution in [3.05, 3.63) is 28.8 Å². The summed E-state index contributed by atoms with van der Waals surface area (Å²) in [5, 5.41) is 14.3. The molecule has 1 aromatic carbocycles. The molecule has 0 aliphatic heterocycles. The maximum absolute atomic E-state index is 10.2. The highest BCUT2D eigenvalue weighted by Gasteiger charge is 2.16. The Labute approximate surface area is 104 Å². The molecule has 0 saturated carbocycles. The molecule has 0 spiro atoms. The van der Waals surface area contributed by atoms with Crippen LogP contribution < -0.4 is 5.73 Å². The van der Waals surface area contributed by atoms with Gasteiger partial charge in [-0.1, -0.05) is 30.6 Å². The van der Waals surface area contributed by atoms with Gasteiger partial charge in [0, 0.05) is 11.1 Å². The van der Waals surface area contributed by atoms with E-state index in [-0.39, 0.29) is 17.5 Å². The van der Waals surface area contributed by atoms with E-state index in [9.17, 15) is 5.11 Å². The van der Waals surface area contributed by atoms with Crippen LogP contribution in [0.5, 0.6) is 5.75 Å². The molecule has 17 heavy (non-hydrogen) atoms. The van der Waals surface area contributed by atoms with Crippen molar-refractivity contribution in [1.29, 1.82) is 0 Å². The fourth-order valence-electron chi connectivity index (χ4n) is 1.66. The van der Waals surface area contributed by atoms with Crippen molar-refractivity contribution in [1.82, 2.24) is 5.16 Å². The van der Waals surface area contributed by atoms with Gasteiger partial charge in [-0.05, 0) is 23.6 Å². The number of aromatic nitrogens is 1. The third-order valence-corrected chi connectivity index (χ3v) is 2.74. The molecule has 0 fully saturated rings. The monoisotopic (exact) mass is 252 g/mol. The first-order valence-corrected chi connectivity index (χ1v) is 5.61. The van der Waals surface area contributed by atoms with E-state index in [2.05, 4.69) is 5.16 Å². The van der Waals surface area contributed by atoms with Gasteiger partial charge < -0.3 is 15.4 Å². The van der Waals surface area contributed by atoms with Crippen LogP contribution in [0.25, 0.3) is 11.3 Å². The summed E-state index contributed by atoms with van der Waals surface area (Å²) >= 11 is 6.02. The number of nitrogens with two attached hydrogens (primary N) is 1. The van der Waals surface area contributed by atoms with Crippen LogP contribution in [0.15, 0.2) is 22.7 Å². The van der Waals surface area contributed by atoms with Crippen molar-refractivity contribution >= 4 is 17.4 Å². The second-order valence-corrected chi connectivity index (χ2v) is 4.60. The molecule has 0 radical (unpaired) electrons. The fraction of sp³-hybridized carbons (Fsp3) is 0.250.